The van der Waals surface area contributed by atoms with Gasteiger partial charge in [0.2, 0.25) is 5.91 Å². The summed E-state index contributed by atoms with van der Waals surface area (Å²) in [5.41, 5.74) is 8.64. The highest BCUT2D eigenvalue weighted by molar-refractivity contribution is 5.95. The summed E-state index contributed by atoms with van der Waals surface area (Å²) in [7, 11) is 0. The normalized spacial score (nSPS) is 14.8. The zero-order chi connectivity index (χ0) is 24.5. The number of aryl methyl sites for hydroxylation is 1. The molecule has 4 aromatic rings. The summed E-state index contributed by atoms with van der Waals surface area (Å²) in [6, 6.07) is 13.0. The average Bonchev–Trinajstić information content (AvgIpc) is 3.19. The van der Waals surface area contributed by atoms with Crippen LogP contribution in [0.1, 0.15) is 29.2 Å². The second kappa shape index (κ2) is 8.93. The van der Waals surface area contributed by atoms with E-state index in [9.17, 15) is 14.0 Å². The second-order valence-electron chi connectivity index (χ2n) is 8.04. The van der Waals surface area contributed by atoms with E-state index in [-0.39, 0.29) is 36.6 Å². The lowest BCUT2D eigenvalue weighted by Crippen LogP contribution is -2.25. The van der Waals surface area contributed by atoms with Crippen LogP contribution in [-0.4, -0.2) is 43.4 Å². The van der Waals surface area contributed by atoms with Crippen LogP contribution < -0.4 is 15.8 Å². The lowest BCUT2D eigenvalue weighted by Gasteiger charge is -2.24. The molecule has 1 aliphatic heterocycles. The average molecular weight is 473 g/mol. The first kappa shape index (κ1) is 22.1. The summed E-state index contributed by atoms with van der Waals surface area (Å²) >= 11 is 0. The molecular formula is C24H20FN7O3. The van der Waals surface area contributed by atoms with E-state index in [1.165, 1.54) is 23.0 Å². The van der Waals surface area contributed by atoms with Gasteiger partial charge in [0.25, 0.3) is 11.9 Å². The number of halogens is 1. The van der Waals surface area contributed by atoms with E-state index < -0.39 is 5.91 Å². The van der Waals surface area contributed by atoms with Crippen molar-refractivity contribution < 1.29 is 18.7 Å². The van der Waals surface area contributed by atoms with Gasteiger partial charge in [-0.05, 0) is 48.9 Å². The molecule has 176 valence electrons. The van der Waals surface area contributed by atoms with E-state index in [4.69, 9.17) is 10.5 Å². The second-order valence-corrected chi connectivity index (χ2v) is 8.04. The third-order valence-corrected chi connectivity index (χ3v) is 5.62. The van der Waals surface area contributed by atoms with Crippen LogP contribution in [0.2, 0.25) is 0 Å². The van der Waals surface area contributed by atoms with Gasteiger partial charge in [0, 0.05) is 23.5 Å². The number of anilines is 1. The van der Waals surface area contributed by atoms with Crippen LogP contribution in [0.4, 0.5) is 10.2 Å². The molecule has 0 spiro atoms. The molecule has 11 heteroatoms. The van der Waals surface area contributed by atoms with Crippen LogP contribution >= 0.6 is 0 Å². The van der Waals surface area contributed by atoms with Gasteiger partial charge >= 0.3 is 0 Å². The van der Waals surface area contributed by atoms with Crippen molar-refractivity contribution in [1.82, 2.24) is 25.0 Å². The van der Waals surface area contributed by atoms with Crippen molar-refractivity contribution in [3.05, 3.63) is 77.4 Å². The van der Waals surface area contributed by atoms with Gasteiger partial charge in [0.1, 0.15) is 17.4 Å². The predicted molar refractivity (Wildman–Crippen MR) is 123 cm³/mol. The van der Waals surface area contributed by atoms with Crippen molar-refractivity contribution in [2.24, 2.45) is 5.73 Å². The molecule has 2 aromatic heterocycles. The van der Waals surface area contributed by atoms with E-state index in [2.05, 4.69) is 25.6 Å². The van der Waals surface area contributed by atoms with Gasteiger partial charge in [-0.1, -0.05) is 12.1 Å². The van der Waals surface area contributed by atoms with Gasteiger partial charge in [-0.3, -0.25) is 9.59 Å². The van der Waals surface area contributed by atoms with Crippen molar-refractivity contribution in [3.63, 3.8) is 0 Å². The topological polar surface area (TPSA) is 138 Å². The minimum absolute atomic E-state index is 0.163. The lowest BCUT2D eigenvalue weighted by molar-refractivity contribution is -0.120. The minimum atomic E-state index is -0.580. The number of nitrogens with two attached hydrogens (primary N) is 1. The van der Waals surface area contributed by atoms with Crippen LogP contribution in [0.15, 0.2) is 54.7 Å². The Hall–Kier alpha value is -4.67. The molecule has 0 aliphatic carbocycles. The number of carbonyl (C=O) groups is 2. The predicted octanol–water partition coefficient (Wildman–Crippen LogP) is 2.51. The van der Waals surface area contributed by atoms with E-state index in [0.717, 1.165) is 11.1 Å². The number of fused-ring (bicyclic) bond motifs is 1. The quantitative estimate of drug-likeness (QED) is 0.439. The maximum atomic E-state index is 13.3. The molecule has 10 nitrogen and oxygen atoms in total. The lowest BCUT2D eigenvalue weighted by atomic mass is 9.86. The SMILES string of the molecule is Cc1nn(-c2nncc(-c3ccc(F)cc3)n2)c2c1[C@@H](c1cccc(OCC(N)=O)c1)CC(=O)N2. The zero-order valence-electron chi connectivity index (χ0n) is 18.6. The number of ether oxygens (including phenoxy) is 1. The number of amides is 2. The van der Waals surface area contributed by atoms with Gasteiger partial charge in [-0.2, -0.15) is 14.9 Å². The molecular weight excluding hydrogens is 453 g/mol. The first-order valence-electron chi connectivity index (χ1n) is 10.8. The molecule has 2 aromatic carbocycles. The molecule has 1 atom stereocenters. The molecule has 0 radical (unpaired) electrons. The molecule has 0 unspecified atom stereocenters. The Morgan fingerprint density at radius 1 is 1.26 bits per heavy atom. The standard InChI is InChI=1S/C24H20FN7O3/c1-13-22-18(15-3-2-4-17(9-15)35-12-20(26)33)10-21(34)29-23(22)32(31-13)24-28-19(11-27-30-24)14-5-7-16(25)8-6-14/h2-9,11,18H,10,12H2,1H3,(H2,26,33)(H,29,34)/t18-/m1/s1. The Morgan fingerprint density at radius 2 is 2.06 bits per heavy atom. The number of rotatable bonds is 6. The highest BCUT2D eigenvalue weighted by Gasteiger charge is 2.33. The number of nitrogens with zero attached hydrogens (tertiary/aromatic N) is 5. The molecule has 2 amide bonds. The first-order valence-corrected chi connectivity index (χ1v) is 10.8. The molecule has 1 aliphatic rings. The number of benzene rings is 2. The zero-order valence-corrected chi connectivity index (χ0v) is 18.6. The number of hydrogen-bond donors (Lipinski definition) is 2. The van der Waals surface area contributed by atoms with E-state index in [1.54, 1.807) is 30.3 Å². The molecule has 3 heterocycles. The van der Waals surface area contributed by atoms with Gasteiger partial charge in [-0.25, -0.2) is 9.37 Å². The maximum absolute atomic E-state index is 13.3. The van der Waals surface area contributed by atoms with E-state index in [0.29, 0.717) is 28.5 Å². The Labute approximate surface area is 199 Å². The van der Waals surface area contributed by atoms with Gasteiger partial charge in [0.05, 0.1) is 17.6 Å². The van der Waals surface area contributed by atoms with Crippen molar-refractivity contribution >= 4 is 17.6 Å². The van der Waals surface area contributed by atoms with E-state index in [1.807, 2.05) is 13.0 Å². The number of nitrogens with one attached hydrogen (secondary N) is 1. The van der Waals surface area contributed by atoms with Gasteiger partial charge in [0.15, 0.2) is 6.61 Å². The fraction of sp³-hybridized carbons (Fsp3) is 0.167. The molecule has 3 N–H and O–H groups in total. The largest absolute Gasteiger partial charge is 0.484 e. The van der Waals surface area contributed by atoms with Gasteiger partial charge in [-0.15, -0.1) is 5.10 Å². The third-order valence-electron chi connectivity index (χ3n) is 5.62. The van der Waals surface area contributed by atoms with Crippen molar-refractivity contribution in [1.29, 1.82) is 0 Å². The van der Waals surface area contributed by atoms with Crippen molar-refractivity contribution in [3.8, 4) is 23.0 Å². The fourth-order valence-electron chi connectivity index (χ4n) is 4.10. The Morgan fingerprint density at radius 3 is 2.83 bits per heavy atom. The summed E-state index contributed by atoms with van der Waals surface area (Å²) < 4.78 is 20.2. The van der Waals surface area contributed by atoms with Gasteiger partial charge < -0.3 is 15.8 Å². The van der Waals surface area contributed by atoms with Crippen LogP contribution in [0.3, 0.4) is 0 Å². The molecule has 0 saturated heterocycles. The molecule has 0 bridgehead atoms. The summed E-state index contributed by atoms with van der Waals surface area (Å²) in [5, 5.41) is 15.6. The summed E-state index contributed by atoms with van der Waals surface area (Å²) in [5.74, 6) is -0.360. The first-order chi connectivity index (χ1) is 16.9. The smallest absolute Gasteiger partial charge is 0.272 e. The number of primary amides is 1. The number of aromatic nitrogens is 5. The van der Waals surface area contributed by atoms with Crippen LogP contribution in [0.25, 0.3) is 17.2 Å². The highest BCUT2D eigenvalue weighted by atomic mass is 19.1. The number of hydrogen-bond acceptors (Lipinski definition) is 7. The van der Waals surface area contributed by atoms with Crippen LogP contribution in [0.5, 0.6) is 5.75 Å². The Balaban J connectivity index is 1.54. The van der Waals surface area contributed by atoms with E-state index >= 15 is 0 Å². The molecule has 0 fully saturated rings. The number of carbonyl (C=O) groups excluding carboxylic acids is 2. The van der Waals surface area contributed by atoms with Crippen molar-refractivity contribution in [2.75, 3.05) is 11.9 Å². The monoisotopic (exact) mass is 473 g/mol. The summed E-state index contributed by atoms with van der Waals surface area (Å²) in [6.07, 6.45) is 1.67. The molecule has 35 heavy (non-hydrogen) atoms. The molecule has 0 saturated carbocycles. The Kier molecular flexibility index (Phi) is 5.65. The van der Waals surface area contributed by atoms with Crippen LogP contribution in [-0.2, 0) is 9.59 Å². The third kappa shape index (κ3) is 4.43. The fourth-order valence-corrected chi connectivity index (χ4v) is 4.10. The highest BCUT2D eigenvalue weighted by Crippen LogP contribution is 2.40. The molecule has 5 rings (SSSR count). The summed E-state index contributed by atoms with van der Waals surface area (Å²) in [4.78, 5) is 28.3. The Bertz CT molecular complexity index is 1440. The van der Waals surface area contributed by atoms with Crippen molar-refractivity contribution in [2.45, 2.75) is 19.3 Å². The van der Waals surface area contributed by atoms with Crippen LogP contribution in [0, 0.1) is 12.7 Å². The maximum Gasteiger partial charge on any atom is 0.272 e. The summed E-state index contributed by atoms with van der Waals surface area (Å²) in [6.45, 7) is 1.59. The minimum Gasteiger partial charge on any atom is -0.484 e.